The second-order valence-corrected chi connectivity index (χ2v) is 7.07. The van der Waals surface area contributed by atoms with Crippen LogP contribution in [0.3, 0.4) is 0 Å². The molecule has 0 spiro atoms. The topological polar surface area (TPSA) is 65.4 Å². The van der Waals surface area contributed by atoms with Gasteiger partial charge in [0.2, 0.25) is 0 Å². The van der Waals surface area contributed by atoms with Crippen LogP contribution in [0.25, 0.3) is 0 Å². The van der Waals surface area contributed by atoms with Gasteiger partial charge < -0.3 is 14.8 Å². The molecule has 3 aromatic rings. The summed E-state index contributed by atoms with van der Waals surface area (Å²) in [4.78, 5) is 12.5. The number of carbonyl (C=O) groups is 1. The van der Waals surface area contributed by atoms with Crippen molar-refractivity contribution < 1.29 is 27.4 Å². The Morgan fingerprint density at radius 2 is 1.97 bits per heavy atom. The number of hydrogen-bond donors (Lipinski definition) is 1. The maximum atomic E-state index is 12.5. The maximum Gasteiger partial charge on any atom is 0.411 e. The van der Waals surface area contributed by atoms with Crippen molar-refractivity contribution in [3.05, 3.63) is 77.1 Å². The minimum Gasteiger partial charge on any atom is -0.489 e. The van der Waals surface area contributed by atoms with Crippen molar-refractivity contribution in [3.8, 4) is 5.75 Å². The van der Waals surface area contributed by atoms with Gasteiger partial charge in [-0.15, -0.1) is 0 Å². The summed E-state index contributed by atoms with van der Waals surface area (Å²) in [5.74, 6) is 0.407. The number of aryl methyl sites for hydroxylation is 2. The lowest BCUT2D eigenvalue weighted by molar-refractivity contribution is -0.182. The zero-order chi connectivity index (χ0) is 22.4. The van der Waals surface area contributed by atoms with Crippen LogP contribution in [0.4, 0.5) is 18.9 Å². The van der Waals surface area contributed by atoms with Gasteiger partial charge in [-0.25, -0.2) is 4.68 Å². The van der Waals surface area contributed by atoms with Crippen molar-refractivity contribution in [2.24, 2.45) is 0 Å². The maximum absolute atomic E-state index is 12.5. The number of amides is 1. The molecule has 0 saturated carbocycles. The van der Waals surface area contributed by atoms with Gasteiger partial charge in [0.05, 0.1) is 18.1 Å². The third-order valence-electron chi connectivity index (χ3n) is 4.29. The highest BCUT2D eigenvalue weighted by atomic mass is 19.4. The highest BCUT2D eigenvalue weighted by molar-refractivity contribution is 6.04. The van der Waals surface area contributed by atoms with E-state index in [0.717, 1.165) is 27.1 Å². The summed E-state index contributed by atoms with van der Waals surface area (Å²) in [6.07, 6.45) is -1.68. The van der Waals surface area contributed by atoms with Crippen LogP contribution in [0.1, 0.15) is 27.0 Å². The number of rotatable bonds is 8. The zero-order valence-corrected chi connectivity index (χ0v) is 17.1. The molecule has 0 saturated heterocycles. The van der Waals surface area contributed by atoms with Crippen LogP contribution in [0.2, 0.25) is 0 Å². The van der Waals surface area contributed by atoms with Gasteiger partial charge in [-0.2, -0.15) is 18.3 Å². The van der Waals surface area contributed by atoms with E-state index in [0.29, 0.717) is 17.9 Å². The van der Waals surface area contributed by atoms with Crippen molar-refractivity contribution >= 4 is 11.6 Å². The first-order valence-electron chi connectivity index (χ1n) is 9.47. The van der Waals surface area contributed by atoms with E-state index in [1.807, 2.05) is 38.1 Å². The quantitative estimate of drug-likeness (QED) is 0.551. The summed E-state index contributed by atoms with van der Waals surface area (Å²) in [6, 6.07) is 12.9. The largest absolute Gasteiger partial charge is 0.489 e. The van der Waals surface area contributed by atoms with Gasteiger partial charge in [-0.1, -0.05) is 29.8 Å². The molecule has 0 radical (unpaired) electrons. The van der Waals surface area contributed by atoms with Gasteiger partial charge in [-0.3, -0.25) is 4.79 Å². The summed E-state index contributed by atoms with van der Waals surface area (Å²) in [6.45, 7) is 2.55. The summed E-state index contributed by atoms with van der Waals surface area (Å²) in [5.41, 5.74) is 3.77. The summed E-state index contributed by atoms with van der Waals surface area (Å²) in [7, 11) is 0. The molecule has 9 heteroatoms. The first-order valence-corrected chi connectivity index (χ1v) is 9.47. The molecular weight excluding hydrogens is 411 g/mol. The molecule has 0 aliphatic carbocycles. The van der Waals surface area contributed by atoms with Gasteiger partial charge in [-0.05, 0) is 43.2 Å². The molecule has 1 amide bonds. The van der Waals surface area contributed by atoms with Crippen molar-refractivity contribution in [3.63, 3.8) is 0 Å². The third kappa shape index (κ3) is 6.85. The number of benzene rings is 2. The third-order valence-corrected chi connectivity index (χ3v) is 4.29. The molecule has 2 aromatic carbocycles. The molecule has 0 bridgehead atoms. The second kappa shape index (κ2) is 9.65. The highest BCUT2D eigenvalue weighted by Gasteiger charge is 2.27. The van der Waals surface area contributed by atoms with E-state index in [1.54, 1.807) is 18.2 Å². The first-order chi connectivity index (χ1) is 14.7. The van der Waals surface area contributed by atoms with Gasteiger partial charge in [0.25, 0.3) is 5.91 Å². The fourth-order valence-electron chi connectivity index (χ4n) is 2.88. The molecular formula is C22H22F3N3O3. The lowest BCUT2D eigenvalue weighted by Crippen LogP contribution is -2.18. The van der Waals surface area contributed by atoms with Crippen LogP contribution in [0.15, 0.2) is 54.9 Å². The van der Waals surface area contributed by atoms with Crippen LogP contribution in [-0.4, -0.2) is 28.5 Å². The van der Waals surface area contributed by atoms with Crippen molar-refractivity contribution in [2.45, 2.75) is 33.4 Å². The predicted molar refractivity (Wildman–Crippen MR) is 109 cm³/mol. The minimum atomic E-state index is -4.41. The molecule has 6 nitrogen and oxygen atoms in total. The number of ether oxygens (including phenoxy) is 2. The molecule has 1 aromatic heterocycles. The number of anilines is 1. The molecule has 1 N–H and O–H groups in total. The number of aromatic nitrogens is 2. The van der Waals surface area contributed by atoms with E-state index in [4.69, 9.17) is 4.74 Å². The summed E-state index contributed by atoms with van der Waals surface area (Å²) < 4.78 is 47.9. The number of hydrogen-bond acceptors (Lipinski definition) is 4. The second-order valence-electron chi connectivity index (χ2n) is 7.07. The lowest BCUT2D eigenvalue weighted by Gasteiger charge is -2.11. The van der Waals surface area contributed by atoms with Gasteiger partial charge >= 0.3 is 6.18 Å². The summed E-state index contributed by atoms with van der Waals surface area (Å²) >= 11 is 0. The van der Waals surface area contributed by atoms with E-state index in [2.05, 4.69) is 15.2 Å². The van der Waals surface area contributed by atoms with E-state index in [1.165, 1.54) is 12.4 Å². The monoisotopic (exact) mass is 433 g/mol. The fourth-order valence-corrected chi connectivity index (χ4v) is 2.88. The van der Waals surface area contributed by atoms with E-state index in [-0.39, 0.29) is 12.6 Å². The lowest BCUT2D eigenvalue weighted by atomic mass is 10.1. The minimum absolute atomic E-state index is 0.305. The Hall–Kier alpha value is -3.33. The van der Waals surface area contributed by atoms with Crippen LogP contribution in [-0.2, 0) is 18.1 Å². The van der Waals surface area contributed by atoms with Crippen molar-refractivity contribution in [1.82, 2.24) is 9.78 Å². The Morgan fingerprint density at radius 3 is 2.71 bits per heavy atom. The van der Waals surface area contributed by atoms with E-state index < -0.39 is 12.8 Å². The Kier molecular flexibility index (Phi) is 6.96. The number of carbonyl (C=O) groups excluding carboxylic acids is 1. The zero-order valence-electron chi connectivity index (χ0n) is 17.1. The molecule has 0 aliphatic rings. The number of halogens is 3. The molecule has 0 fully saturated rings. The van der Waals surface area contributed by atoms with E-state index in [9.17, 15) is 18.0 Å². The molecule has 3 rings (SSSR count). The Bertz CT molecular complexity index is 1050. The molecule has 31 heavy (non-hydrogen) atoms. The van der Waals surface area contributed by atoms with Gasteiger partial charge in [0, 0.05) is 5.56 Å². The predicted octanol–water partition coefficient (Wildman–Crippen LogP) is 4.87. The molecule has 0 aliphatic heterocycles. The number of nitrogens with zero attached hydrogens (tertiary/aromatic N) is 2. The Morgan fingerprint density at radius 1 is 1.16 bits per heavy atom. The Labute approximate surface area is 177 Å². The van der Waals surface area contributed by atoms with Crippen molar-refractivity contribution in [2.75, 3.05) is 11.9 Å². The highest BCUT2D eigenvalue weighted by Crippen LogP contribution is 2.20. The fraction of sp³-hybridized carbons (Fsp3) is 0.273. The van der Waals surface area contributed by atoms with E-state index >= 15 is 0 Å². The average Bonchev–Trinajstić information content (AvgIpc) is 3.13. The summed E-state index contributed by atoms with van der Waals surface area (Å²) in [5, 5.41) is 6.53. The molecule has 0 atom stereocenters. The van der Waals surface area contributed by atoms with Gasteiger partial charge in [0.15, 0.2) is 0 Å². The van der Waals surface area contributed by atoms with Crippen LogP contribution < -0.4 is 10.1 Å². The van der Waals surface area contributed by atoms with Crippen LogP contribution >= 0.6 is 0 Å². The SMILES string of the molecule is Cc1ccc(OCc2cccc(C(=O)Nc3cnn(COCC(F)(F)F)c3)c2)c(C)c1. The number of nitrogens with one attached hydrogen (secondary N) is 1. The molecule has 164 valence electrons. The number of alkyl halides is 3. The first kappa shape index (κ1) is 22.4. The molecule has 0 unspecified atom stereocenters. The normalized spacial score (nSPS) is 11.4. The average molecular weight is 433 g/mol. The smallest absolute Gasteiger partial charge is 0.411 e. The van der Waals surface area contributed by atoms with Crippen LogP contribution in [0.5, 0.6) is 5.75 Å². The Balaban J connectivity index is 1.56. The van der Waals surface area contributed by atoms with Crippen LogP contribution in [0, 0.1) is 13.8 Å². The molecule has 1 heterocycles. The van der Waals surface area contributed by atoms with Gasteiger partial charge in [0.1, 0.15) is 25.7 Å². The standard InChI is InChI=1S/C22H22F3N3O3/c1-15-6-7-20(16(2)8-15)31-12-17-4-3-5-18(9-17)21(29)27-19-10-26-28(11-19)14-30-13-22(23,24)25/h3-11H,12-14H2,1-2H3,(H,27,29). The van der Waals surface area contributed by atoms with Crippen molar-refractivity contribution in [1.29, 1.82) is 0 Å².